The summed E-state index contributed by atoms with van der Waals surface area (Å²) >= 11 is 7.35. The van der Waals surface area contributed by atoms with Gasteiger partial charge >= 0.3 is 6.03 Å². The third-order valence-electron chi connectivity index (χ3n) is 3.38. The Morgan fingerprint density at radius 3 is 3.23 bits per heavy atom. The fourth-order valence-electron chi connectivity index (χ4n) is 2.39. The van der Waals surface area contributed by atoms with Crippen LogP contribution in [0, 0.1) is 0 Å². The summed E-state index contributed by atoms with van der Waals surface area (Å²) in [4.78, 5) is 16.4. The second-order valence-corrected chi connectivity index (χ2v) is 6.52. The number of aryl methyl sites for hydroxylation is 1. The molecule has 3 heterocycles. The van der Waals surface area contributed by atoms with Gasteiger partial charge in [0.1, 0.15) is 16.8 Å². The van der Waals surface area contributed by atoms with Crippen molar-refractivity contribution in [2.24, 2.45) is 0 Å². The van der Waals surface area contributed by atoms with E-state index in [-0.39, 0.29) is 12.1 Å². The van der Waals surface area contributed by atoms with E-state index in [1.54, 1.807) is 13.2 Å². The molecular weight excluding hydrogens is 326 g/mol. The Bertz CT molecular complexity index is 671. The first-order chi connectivity index (χ1) is 10.7. The number of halogens is 1. The van der Waals surface area contributed by atoms with Crippen molar-refractivity contribution in [3.63, 3.8) is 0 Å². The minimum Gasteiger partial charge on any atom is -0.377 e. The highest BCUT2D eigenvalue weighted by atomic mass is 35.5. The van der Waals surface area contributed by atoms with Crippen molar-refractivity contribution in [3.8, 4) is 0 Å². The van der Waals surface area contributed by atoms with E-state index >= 15 is 0 Å². The third-order valence-corrected chi connectivity index (χ3v) is 4.55. The first-order valence-corrected chi connectivity index (χ1v) is 8.13. The Kier molecular flexibility index (Phi) is 4.60. The van der Waals surface area contributed by atoms with Gasteiger partial charge in [0.2, 0.25) is 0 Å². The monoisotopic (exact) mass is 341 g/mol. The summed E-state index contributed by atoms with van der Waals surface area (Å²) in [6, 6.07) is 1.54. The number of amides is 2. The second kappa shape index (κ2) is 6.64. The van der Waals surface area contributed by atoms with Crippen molar-refractivity contribution in [3.05, 3.63) is 27.4 Å². The fourth-order valence-corrected chi connectivity index (χ4v) is 3.23. The summed E-state index contributed by atoms with van der Waals surface area (Å²) < 4.78 is 7.44. The van der Waals surface area contributed by atoms with Gasteiger partial charge in [0.25, 0.3) is 0 Å². The molecule has 1 aliphatic rings. The minimum atomic E-state index is -0.258. The van der Waals surface area contributed by atoms with Gasteiger partial charge in [-0.15, -0.1) is 11.3 Å². The molecule has 3 rings (SSSR count). The number of rotatable bonds is 4. The molecule has 1 aliphatic heterocycles. The summed E-state index contributed by atoms with van der Waals surface area (Å²) in [6.07, 6.45) is 1.61. The maximum Gasteiger partial charge on any atom is 0.319 e. The summed E-state index contributed by atoms with van der Waals surface area (Å²) in [6.45, 7) is 1.01. The lowest BCUT2D eigenvalue weighted by atomic mass is 10.1. The summed E-state index contributed by atoms with van der Waals surface area (Å²) in [5.41, 5.74) is 0.629. The van der Waals surface area contributed by atoms with Gasteiger partial charge in [0.15, 0.2) is 5.82 Å². The minimum absolute atomic E-state index is 0.0157. The Morgan fingerprint density at radius 2 is 2.50 bits per heavy atom. The molecule has 0 radical (unpaired) electrons. The zero-order chi connectivity index (χ0) is 15.5. The van der Waals surface area contributed by atoms with Crippen LogP contribution in [0.4, 0.5) is 10.5 Å². The number of ether oxygens (including phenoxy) is 1. The summed E-state index contributed by atoms with van der Waals surface area (Å²) in [5, 5.41) is 11.9. The van der Waals surface area contributed by atoms with Crippen molar-refractivity contribution in [1.29, 1.82) is 0 Å². The van der Waals surface area contributed by atoms with E-state index < -0.39 is 0 Å². The van der Waals surface area contributed by atoms with Crippen molar-refractivity contribution in [1.82, 2.24) is 20.1 Å². The molecule has 0 spiro atoms. The number of anilines is 1. The van der Waals surface area contributed by atoms with Crippen LogP contribution < -0.4 is 10.6 Å². The molecule has 0 fully saturated rings. The van der Waals surface area contributed by atoms with Gasteiger partial charge in [0, 0.05) is 13.5 Å². The van der Waals surface area contributed by atoms with Crippen molar-refractivity contribution in [2.75, 3.05) is 12.4 Å². The number of carbonyl (C=O) groups is 1. The highest BCUT2D eigenvalue weighted by Crippen LogP contribution is 2.27. The zero-order valence-electron chi connectivity index (χ0n) is 12.0. The number of methoxy groups -OCH3 is 1. The molecule has 9 heteroatoms. The molecule has 0 saturated carbocycles. The largest absolute Gasteiger partial charge is 0.377 e. The van der Waals surface area contributed by atoms with Gasteiger partial charge in [-0.25, -0.2) is 14.5 Å². The molecule has 2 N–H and O–H groups in total. The third kappa shape index (κ3) is 3.40. The molecule has 1 atom stereocenters. The molecule has 22 heavy (non-hydrogen) atoms. The number of fused-ring (bicyclic) bond motifs is 1. The van der Waals surface area contributed by atoms with E-state index in [0.717, 1.165) is 18.7 Å². The van der Waals surface area contributed by atoms with Crippen LogP contribution in [0.2, 0.25) is 4.34 Å². The van der Waals surface area contributed by atoms with Gasteiger partial charge in [0.05, 0.1) is 18.3 Å². The standard InChI is InChI=1S/C13H16ClN5O2S/c1-21-7-10-17-11-3-2-8(6-19(11)18-10)15-13(20)16-9-4-5-22-12(9)14/h4-5,8H,2-3,6-7H2,1H3,(H2,15,16,20). The molecule has 0 aromatic carbocycles. The van der Waals surface area contributed by atoms with Crippen LogP contribution >= 0.6 is 22.9 Å². The number of aromatic nitrogens is 3. The topological polar surface area (TPSA) is 81.1 Å². The van der Waals surface area contributed by atoms with Crippen LogP contribution in [0.15, 0.2) is 11.4 Å². The molecule has 1 unspecified atom stereocenters. The Balaban J connectivity index is 1.58. The van der Waals surface area contributed by atoms with E-state index in [1.165, 1.54) is 11.3 Å². The summed E-state index contributed by atoms with van der Waals surface area (Å²) in [7, 11) is 1.62. The van der Waals surface area contributed by atoms with Crippen molar-refractivity contribution >= 4 is 34.7 Å². The number of urea groups is 1. The van der Waals surface area contributed by atoms with Crippen LogP contribution in [0.1, 0.15) is 18.1 Å². The van der Waals surface area contributed by atoms with E-state index in [1.807, 2.05) is 10.1 Å². The molecule has 2 amide bonds. The molecule has 0 saturated heterocycles. The summed E-state index contributed by atoms with van der Waals surface area (Å²) in [5.74, 6) is 1.61. The average molecular weight is 342 g/mol. The van der Waals surface area contributed by atoms with Crippen LogP contribution in [-0.2, 0) is 24.3 Å². The van der Waals surface area contributed by atoms with Gasteiger partial charge in [-0.3, -0.25) is 0 Å². The molecule has 2 aromatic rings. The number of nitrogens with one attached hydrogen (secondary N) is 2. The number of thiophene rings is 1. The first kappa shape index (κ1) is 15.3. The Hall–Kier alpha value is -1.64. The van der Waals surface area contributed by atoms with E-state index in [4.69, 9.17) is 16.3 Å². The predicted molar refractivity (Wildman–Crippen MR) is 84.3 cm³/mol. The maximum atomic E-state index is 12.0. The van der Waals surface area contributed by atoms with Gasteiger partial charge < -0.3 is 15.4 Å². The first-order valence-electron chi connectivity index (χ1n) is 6.87. The lowest BCUT2D eigenvalue weighted by molar-refractivity contribution is 0.177. The van der Waals surface area contributed by atoms with Crippen LogP contribution in [0.3, 0.4) is 0 Å². The number of hydrogen-bond donors (Lipinski definition) is 2. The van der Waals surface area contributed by atoms with Crippen LogP contribution in [-0.4, -0.2) is 33.9 Å². The molecule has 0 bridgehead atoms. The zero-order valence-corrected chi connectivity index (χ0v) is 13.6. The van der Waals surface area contributed by atoms with Crippen LogP contribution in [0.5, 0.6) is 0 Å². The molecule has 7 nitrogen and oxygen atoms in total. The lowest BCUT2D eigenvalue weighted by Gasteiger charge is -2.23. The molecule has 2 aromatic heterocycles. The fraction of sp³-hybridized carbons (Fsp3) is 0.462. The smallest absolute Gasteiger partial charge is 0.319 e. The van der Waals surface area contributed by atoms with Gasteiger partial charge in [-0.1, -0.05) is 11.6 Å². The second-order valence-electron chi connectivity index (χ2n) is 5.00. The molecule has 0 aliphatic carbocycles. The predicted octanol–water partition coefficient (Wildman–Crippen LogP) is 2.28. The van der Waals surface area contributed by atoms with E-state index in [9.17, 15) is 4.79 Å². The quantitative estimate of drug-likeness (QED) is 0.894. The maximum absolute atomic E-state index is 12.0. The van der Waals surface area contributed by atoms with E-state index in [0.29, 0.717) is 29.0 Å². The highest BCUT2D eigenvalue weighted by molar-refractivity contribution is 7.15. The SMILES string of the molecule is COCc1nc2n(n1)CC(NC(=O)Nc1ccsc1Cl)CC2. The van der Waals surface area contributed by atoms with Crippen LogP contribution in [0.25, 0.3) is 0 Å². The normalized spacial score (nSPS) is 17.1. The van der Waals surface area contributed by atoms with Gasteiger partial charge in [-0.05, 0) is 17.9 Å². The average Bonchev–Trinajstić information content (AvgIpc) is 3.05. The van der Waals surface area contributed by atoms with Crippen molar-refractivity contribution < 1.29 is 9.53 Å². The highest BCUT2D eigenvalue weighted by Gasteiger charge is 2.23. The number of carbonyl (C=O) groups excluding carboxylic acids is 1. The van der Waals surface area contributed by atoms with E-state index in [2.05, 4.69) is 20.7 Å². The van der Waals surface area contributed by atoms with Crippen molar-refractivity contribution in [2.45, 2.75) is 32.0 Å². The molecular formula is C13H16ClN5O2S. The van der Waals surface area contributed by atoms with Gasteiger partial charge in [-0.2, -0.15) is 5.10 Å². The Labute approximate surface area is 136 Å². The number of hydrogen-bond acceptors (Lipinski definition) is 5. The molecule has 118 valence electrons. The Morgan fingerprint density at radius 1 is 1.64 bits per heavy atom. The lowest BCUT2D eigenvalue weighted by Crippen LogP contribution is -2.43. The number of nitrogens with zero attached hydrogens (tertiary/aromatic N) is 3.